The molecular formula is C8H11ClFN3. The van der Waals surface area contributed by atoms with Gasteiger partial charge in [-0.3, -0.25) is 4.98 Å². The fraction of sp³-hybridized carbons (Fsp3) is 0.375. The molecule has 0 spiro atoms. The third-order valence-corrected chi connectivity index (χ3v) is 2.06. The van der Waals surface area contributed by atoms with Gasteiger partial charge in [-0.2, -0.15) is 0 Å². The highest BCUT2D eigenvalue weighted by Gasteiger charge is 2.17. The van der Waals surface area contributed by atoms with E-state index in [-0.39, 0.29) is 24.8 Å². The zero-order valence-electron chi connectivity index (χ0n) is 7.01. The minimum absolute atomic E-state index is 0. The van der Waals surface area contributed by atoms with Crippen molar-refractivity contribution in [2.75, 3.05) is 11.9 Å². The molecule has 2 rings (SSSR count). The molecule has 72 valence electrons. The SMILES string of the molecule is Cl.NCc1ncc2c(c1F)NCC2. The lowest BCUT2D eigenvalue weighted by Gasteiger charge is -2.04. The average molecular weight is 204 g/mol. The van der Waals surface area contributed by atoms with Crippen molar-refractivity contribution in [3.8, 4) is 0 Å². The molecule has 2 heterocycles. The first-order valence-electron chi connectivity index (χ1n) is 3.93. The van der Waals surface area contributed by atoms with Gasteiger partial charge < -0.3 is 11.1 Å². The van der Waals surface area contributed by atoms with Gasteiger partial charge in [-0.1, -0.05) is 0 Å². The van der Waals surface area contributed by atoms with Gasteiger partial charge in [0.2, 0.25) is 0 Å². The van der Waals surface area contributed by atoms with Crippen molar-refractivity contribution in [1.29, 1.82) is 0 Å². The lowest BCUT2D eigenvalue weighted by atomic mass is 10.2. The topological polar surface area (TPSA) is 50.9 Å². The number of halogens is 2. The first kappa shape index (κ1) is 10.2. The van der Waals surface area contributed by atoms with Gasteiger partial charge in [-0.25, -0.2) is 4.39 Å². The van der Waals surface area contributed by atoms with E-state index >= 15 is 0 Å². The van der Waals surface area contributed by atoms with Gasteiger partial charge in [0, 0.05) is 19.3 Å². The van der Waals surface area contributed by atoms with E-state index in [0.29, 0.717) is 11.4 Å². The highest BCUT2D eigenvalue weighted by atomic mass is 35.5. The number of nitrogens with two attached hydrogens (primary N) is 1. The van der Waals surface area contributed by atoms with E-state index in [1.807, 2.05) is 0 Å². The van der Waals surface area contributed by atoms with Gasteiger partial charge in [0.1, 0.15) is 0 Å². The Bertz CT molecular complexity index is 317. The van der Waals surface area contributed by atoms with Crippen molar-refractivity contribution in [3.05, 3.63) is 23.3 Å². The predicted octanol–water partition coefficient (Wildman–Crippen LogP) is 1.07. The summed E-state index contributed by atoms with van der Waals surface area (Å²) < 4.78 is 13.4. The minimum atomic E-state index is -0.285. The highest BCUT2D eigenvalue weighted by Crippen LogP contribution is 2.25. The fourth-order valence-corrected chi connectivity index (χ4v) is 1.41. The number of rotatable bonds is 1. The molecule has 0 saturated carbocycles. The molecule has 5 heteroatoms. The monoisotopic (exact) mass is 203 g/mol. The van der Waals surface area contributed by atoms with Crippen LogP contribution < -0.4 is 11.1 Å². The van der Waals surface area contributed by atoms with Gasteiger partial charge in [-0.15, -0.1) is 12.4 Å². The second-order valence-electron chi connectivity index (χ2n) is 2.80. The second kappa shape index (κ2) is 3.89. The number of nitrogens with one attached hydrogen (secondary N) is 1. The van der Waals surface area contributed by atoms with Crippen LogP contribution in [-0.4, -0.2) is 11.5 Å². The number of anilines is 1. The Morgan fingerprint density at radius 1 is 1.62 bits per heavy atom. The van der Waals surface area contributed by atoms with E-state index in [1.54, 1.807) is 6.20 Å². The Morgan fingerprint density at radius 3 is 3.08 bits per heavy atom. The molecule has 1 aliphatic heterocycles. The number of hydrogen-bond acceptors (Lipinski definition) is 3. The molecule has 1 aliphatic rings. The first-order valence-corrected chi connectivity index (χ1v) is 3.93. The van der Waals surface area contributed by atoms with Crippen LogP contribution in [0.25, 0.3) is 0 Å². The molecule has 0 bridgehead atoms. The van der Waals surface area contributed by atoms with Crippen molar-refractivity contribution in [2.24, 2.45) is 5.73 Å². The van der Waals surface area contributed by atoms with E-state index in [9.17, 15) is 4.39 Å². The van der Waals surface area contributed by atoms with Crippen LogP contribution in [0.5, 0.6) is 0 Å². The number of aromatic nitrogens is 1. The van der Waals surface area contributed by atoms with Crippen LogP contribution in [0.15, 0.2) is 6.20 Å². The number of pyridine rings is 1. The van der Waals surface area contributed by atoms with E-state index in [0.717, 1.165) is 18.5 Å². The molecule has 0 fully saturated rings. The van der Waals surface area contributed by atoms with Crippen LogP contribution in [0.2, 0.25) is 0 Å². The molecule has 3 nitrogen and oxygen atoms in total. The molecule has 0 saturated heterocycles. The van der Waals surface area contributed by atoms with Crippen LogP contribution in [0.3, 0.4) is 0 Å². The number of fused-ring (bicyclic) bond motifs is 1. The zero-order chi connectivity index (χ0) is 8.55. The summed E-state index contributed by atoms with van der Waals surface area (Å²) in [7, 11) is 0. The maximum atomic E-state index is 13.4. The quantitative estimate of drug-likeness (QED) is 0.718. The third kappa shape index (κ3) is 1.59. The van der Waals surface area contributed by atoms with Crippen molar-refractivity contribution >= 4 is 18.1 Å². The summed E-state index contributed by atoms with van der Waals surface area (Å²) >= 11 is 0. The molecule has 13 heavy (non-hydrogen) atoms. The zero-order valence-corrected chi connectivity index (χ0v) is 7.83. The lowest BCUT2D eigenvalue weighted by molar-refractivity contribution is 0.603. The molecule has 0 aliphatic carbocycles. The van der Waals surface area contributed by atoms with Crippen LogP contribution in [0.1, 0.15) is 11.3 Å². The van der Waals surface area contributed by atoms with Crippen molar-refractivity contribution in [3.63, 3.8) is 0 Å². The van der Waals surface area contributed by atoms with Crippen molar-refractivity contribution in [1.82, 2.24) is 4.98 Å². The summed E-state index contributed by atoms with van der Waals surface area (Å²) in [5.41, 5.74) is 7.19. The maximum Gasteiger partial charge on any atom is 0.169 e. The maximum absolute atomic E-state index is 13.4. The predicted molar refractivity (Wildman–Crippen MR) is 51.5 cm³/mol. The smallest absolute Gasteiger partial charge is 0.169 e. The van der Waals surface area contributed by atoms with Gasteiger partial charge >= 0.3 is 0 Å². The lowest BCUT2D eigenvalue weighted by Crippen LogP contribution is -2.05. The summed E-state index contributed by atoms with van der Waals surface area (Å²) in [6.07, 6.45) is 2.55. The molecular weight excluding hydrogens is 193 g/mol. The van der Waals surface area contributed by atoms with Gasteiger partial charge in [-0.05, 0) is 12.0 Å². The standard InChI is InChI=1S/C8H10FN3.ClH/c9-7-6(3-10)12-4-5-1-2-11-8(5)7;/h4,11H,1-3,10H2;1H. The average Bonchev–Trinajstić information content (AvgIpc) is 2.53. The van der Waals surface area contributed by atoms with E-state index in [4.69, 9.17) is 5.73 Å². The third-order valence-electron chi connectivity index (χ3n) is 2.06. The molecule has 0 aromatic carbocycles. The Kier molecular flexibility index (Phi) is 3.06. The van der Waals surface area contributed by atoms with Crippen LogP contribution in [-0.2, 0) is 13.0 Å². The second-order valence-corrected chi connectivity index (χ2v) is 2.80. The van der Waals surface area contributed by atoms with Crippen LogP contribution in [0, 0.1) is 5.82 Å². The Balaban J connectivity index is 0.000000845. The molecule has 1 aromatic heterocycles. The van der Waals surface area contributed by atoms with E-state index in [2.05, 4.69) is 10.3 Å². The summed E-state index contributed by atoms with van der Waals surface area (Å²) in [6, 6.07) is 0. The molecule has 3 N–H and O–H groups in total. The molecule has 1 aromatic rings. The van der Waals surface area contributed by atoms with Gasteiger partial charge in [0.05, 0.1) is 11.4 Å². The Morgan fingerprint density at radius 2 is 2.38 bits per heavy atom. The highest BCUT2D eigenvalue weighted by molar-refractivity contribution is 5.85. The normalized spacial score (nSPS) is 13.1. The summed E-state index contributed by atoms with van der Waals surface area (Å²) in [6.45, 7) is 0.947. The molecule has 0 radical (unpaired) electrons. The summed E-state index contributed by atoms with van der Waals surface area (Å²) in [5, 5.41) is 2.97. The van der Waals surface area contributed by atoms with E-state index < -0.39 is 0 Å². The van der Waals surface area contributed by atoms with Crippen LogP contribution >= 0.6 is 12.4 Å². The molecule has 0 atom stereocenters. The number of nitrogens with zero attached hydrogens (tertiary/aromatic N) is 1. The minimum Gasteiger partial charge on any atom is -0.382 e. The first-order chi connectivity index (χ1) is 5.83. The summed E-state index contributed by atoms with van der Waals surface area (Å²) in [4.78, 5) is 3.93. The Labute approximate surface area is 81.9 Å². The Hall–Kier alpha value is -0.870. The fourth-order valence-electron chi connectivity index (χ4n) is 1.41. The van der Waals surface area contributed by atoms with Crippen LogP contribution in [0.4, 0.5) is 10.1 Å². The molecule has 0 unspecified atom stereocenters. The van der Waals surface area contributed by atoms with E-state index in [1.165, 1.54) is 0 Å². The summed E-state index contributed by atoms with van der Waals surface area (Å²) in [5.74, 6) is -0.285. The number of hydrogen-bond donors (Lipinski definition) is 2. The van der Waals surface area contributed by atoms with Crippen molar-refractivity contribution < 1.29 is 4.39 Å². The largest absolute Gasteiger partial charge is 0.382 e. The van der Waals surface area contributed by atoms with Crippen molar-refractivity contribution in [2.45, 2.75) is 13.0 Å². The van der Waals surface area contributed by atoms with Gasteiger partial charge in [0.15, 0.2) is 5.82 Å². The van der Waals surface area contributed by atoms with Gasteiger partial charge in [0.25, 0.3) is 0 Å². The molecule has 0 amide bonds.